The van der Waals surface area contributed by atoms with Crippen LogP contribution in [0.1, 0.15) is 30.9 Å². The van der Waals surface area contributed by atoms with E-state index < -0.39 is 10.0 Å². The van der Waals surface area contributed by atoms with Gasteiger partial charge in [0.15, 0.2) is 5.82 Å². The van der Waals surface area contributed by atoms with E-state index in [0.29, 0.717) is 6.54 Å². The molecule has 0 radical (unpaired) electrons. The van der Waals surface area contributed by atoms with Crippen LogP contribution in [0.5, 0.6) is 0 Å². The van der Waals surface area contributed by atoms with E-state index in [2.05, 4.69) is 15.0 Å². The van der Waals surface area contributed by atoms with Gasteiger partial charge < -0.3 is 0 Å². The predicted molar refractivity (Wildman–Crippen MR) is 96.9 cm³/mol. The van der Waals surface area contributed by atoms with Gasteiger partial charge in [-0.25, -0.2) is 13.1 Å². The second-order valence-corrected chi connectivity index (χ2v) is 7.80. The summed E-state index contributed by atoms with van der Waals surface area (Å²) in [6.07, 6.45) is 1.58. The molecule has 130 valence electrons. The third-order valence-corrected chi connectivity index (χ3v) is 5.15. The van der Waals surface area contributed by atoms with Crippen LogP contribution in [0.15, 0.2) is 65.7 Å². The van der Waals surface area contributed by atoms with E-state index in [-0.39, 0.29) is 16.6 Å². The van der Waals surface area contributed by atoms with E-state index in [1.54, 1.807) is 29.1 Å². The topological polar surface area (TPSA) is 76.9 Å². The van der Waals surface area contributed by atoms with Gasteiger partial charge in [-0.1, -0.05) is 61.5 Å². The van der Waals surface area contributed by atoms with Crippen molar-refractivity contribution in [3.8, 4) is 0 Å². The first-order chi connectivity index (χ1) is 11.9. The molecule has 0 aliphatic rings. The molecule has 0 atom stereocenters. The maximum atomic E-state index is 12.6. The third kappa shape index (κ3) is 4.24. The Morgan fingerprint density at radius 2 is 1.84 bits per heavy atom. The summed E-state index contributed by atoms with van der Waals surface area (Å²) in [6, 6.07) is 16.7. The Balaban J connectivity index is 1.76. The highest BCUT2D eigenvalue weighted by Crippen LogP contribution is 2.20. The van der Waals surface area contributed by atoms with Gasteiger partial charge in [-0.15, -0.1) is 5.10 Å². The number of hydrogen-bond donors (Lipinski definition) is 1. The van der Waals surface area contributed by atoms with Gasteiger partial charge in [0.1, 0.15) is 0 Å². The van der Waals surface area contributed by atoms with Crippen LogP contribution in [0, 0.1) is 0 Å². The normalized spacial score (nSPS) is 11.6. The average Bonchev–Trinajstić information content (AvgIpc) is 3.02. The molecule has 0 saturated carbocycles. The number of rotatable bonds is 6. The molecule has 1 aromatic heterocycles. The summed E-state index contributed by atoms with van der Waals surface area (Å²) < 4.78 is 29.2. The standard InChI is InChI=1S/C18H20N4O2S/c1-14(2)16-9-6-10-17(11-16)25(23,24)20-18-13-22(21-19-18)12-15-7-4-3-5-8-15/h3-11,13-14,20H,12H2,1-2H3. The zero-order valence-corrected chi connectivity index (χ0v) is 14.9. The van der Waals surface area contributed by atoms with E-state index >= 15 is 0 Å². The lowest BCUT2D eigenvalue weighted by Crippen LogP contribution is -2.13. The van der Waals surface area contributed by atoms with Gasteiger partial charge in [0, 0.05) is 0 Å². The summed E-state index contributed by atoms with van der Waals surface area (Å²) in [4.78, 5) is 0.219. The fourth-order valence-corrected chi connectivity index (χ4v) is 3.47. The second-order valence-electron chi connectivity index (χ2n) is 6.12. The molecule has 3 aromatic rings. The molecule has 0 bridgehead atoms. The molecule has 0 amide bonds. The molecule has 7 heteroatoms. The van der Waals surface area contributed by atoms with E-state index in [1.165, 1.54) is 0 Å². The predicted octanol–water partition coefficient (Wildman–Crippen LogP) is 3.25. The van der Waals surface area contributed by atoms with E-state index in [9.17, 15) is 8.42 Å². The maximum Gasteiger partial charge on any atom is 0.263 e. The van der Waals surface area contributed by atoms with Crippen molar-refractivity contribution in [2.75, 3.05) is 4.72 Å². The number of aromatic nitrogens is 3. The Morgan fingerprint density at radius 3 is 2.56 bits per heavy atom. The molecule has 0 aliphatic heterocycles. The van der Waals surface area contributed by atoms with Crippen molar-refractivity contribution in [1.82, 2.24) is 15.0 Å². The van der Waals surface area contributed by atoms with Gasteiger partial charge >= 0.3 is 0 Å². The Kier molecular flexibility index (Phi) is 4.85. The monoisotopic (exact) mass is 356 g/mol. The molecule has 2 aromatic carbocycles. The average molecular weight is 356 g/mol. The van der Waals surface area contributed by atoms with Crippen molar-refractivity contribution in [2.45, 2.75) is 31.2 Å². The summed E-state index contributed by atoms with van der Waals surface area (Å²) >= 11 is 0. The lowest BCUT2D eigenvalue weighted by Gasteiger charge is -2.09. The lowest BCUT2D eigenvalue weighted by molar-refractivity contribution is 0.600. The molecule has 25 heavy (non-hydrogen) atoms. The number of benzene rings is 2. The largest absolute Gasteiger partial charge is 0.263 e. The summed E-state index contributed by atoms with van der Waals surface area (Å²) in [5, 5.41) is 7.88. The molecular formula is C18H20N4O2S. The molecular weight excluding hydrogens is 336 g/mol. The van der Waals surface area contributed by atoms with Crippen LogP contribution in [0.3, 0.4) is 0 Å². The Labute approximate surface area is 147 Å². The molecule has 1 heterocycles. The SMILES string of the molecule is CC(C)c1cccc(S(=O)(=O)Nc2cn(Cc3ccccc3)nn2)c1. The van der Waals surface area contributed by atoms with Crippen LogP contribution < -0.4 is 4.72 Å². The van der Waals surface area contributed by atoms with Gasteiger partial charge in [0.2, 0.25) is 0 Å². The first-order valence-electron chi connectivity index (χ1n) is 8.01. The van der Waals surface area contributed by atoms with E-state index in [1.807, 2.05) is 50.2 Å². The Bertz CT molecular complexity index is 950. The molecule has 0 fully saturated rings. The van der Waals surface area contributed by atoms with Crippen LogP contribution in [-0.2, 0) is 16.6 Å². The molecule has 3 rings (SSSR count). The summed E-state index contributed by atoms with van der Waals surface area (Å²) in [5.74, 6) is 0.452. The minimum Gasteiger partial charge on any atom is -0.261 e. The van der Waals surface area contributed by atoms with Crippen LogP contribution in [0.2, 0.25) is 0 Å². The zero-order chi connectivity index (χ0) is 17.9. The minimum atomic E-state index is -3.69. The highest BCUT2D eigenvalue weighted by atomic mass is 32.2. The Morgan fingerprint density at radius 1 is 1.08 bits per heavy atom. The fraction of sp³-hybridized carbons (Fsp3) is 0.222. The minimum absolute atomic E-state index is 0.200. The van der Waals surface area contributed by atoms with Crippen molar-refractivity contribution in [3.05, 3.63) is 71.9 Å². The molecule has 0 spiro atoms. The number of hydrogen-bond acceptors (Lipinski definition) is 4. The van der Waals surface area contributed by atoms with Gasteiger partial charge in [-0.05, 0) is 29.2 Å². The summed E-state index contributed by atoms with van der Waals surface area (Å²) in [7, 11) is -3.69. The zero-order valence-electron chi connectivity index (χ0n) is 14.1. The number of nitrogens with one attached hydrogen (secondary N) is 1. The Hall–Kier alpha value is -2.67. The molecule has 0 aliphatic carbocycles. The highest BCUT2D eigenvalue weighted by Gasteiger charge is 2.17. The number of sulfonamides is 1. The van der Waals surface area contributed by atoms with Crippen molar-refractivity contribution >= 4 is 15.8 Å². The van der Waals surface area contributed by atoms with Gasteiger partial charge in [-0.2, -0.15) is 0 Å². The van der Waals surface area contributed by atoms with Gasteiger partial charge in [0.05, 0.1) is 17.6 Å². The summed E-state index contributed by atoms with van der Waals surface area (Å²) in [5.41, 5.74) is 2.03. The second kappa shape index (κ2) is 7.06. The van der Waals surface area contributed by atoms with Crippen molar-refractivity contribution in [3.63, 3.8) is 0 Å². The quantitative estimate of drug-likeness (QED) is 0.735. The van der Waals surface area contributed by atoms with Gasteiger partial charge in [-0.3, -0.25) is 4.72 Å². The van der Waals surface area contributed by atoms with E-state index in [0.717, 1.165) is 11.1 Å². The first kappa shape index (κ1) is 17.2. The van der Waals surface area contributed by atoms with Crippen LogP contribution in [0.4, 0.5) is 5.82 Å². The van der Waals surface area contributed by atoms with Crippen molar-refractivity contribution < 1.29 is 8.42 Å². The first-order valence-corrected chi connectivity index (χ1v) is 9.49. The van der Waals surface area contributed by atoms with Crippen molar-refractivity contribution in [1.29, 1.82) is 0 Å². The number of anilines is 1. The maximum absolute atomic E-state index is 12.6. The molecule has 0 saturated heterocycles. The smallest absolute Gasteiger partial charge is 0.261 e. The van der Waals surface area contributed by atoms with Crippen LogP contribution in [0.25, 0.3) is 0 Å². The fourth-order valence-electron chi connectivity index (χ4n) is 2.43. The number of nitrogens with zero attached hydrogens (tertiary/aromatic N) is 3. The van der Waals surface area contributed by atoms with E-state index in [4.69, 9.17) is 0 Å². The molecule has 1 N–H and O–H groups in total. The third-order valence-electron chi connectivity index (χ3n) is 3.80. The van der Waals surface area contributed by atoms with Crippen LogP contribution in [-0.4, -0.2) is 23.4 Å². The molecule has 6 nitrogen and oxygen atoms in total. The molecule has 0 unspecified atom stereocenters. The summed E-state index contributed by atoms with van der Waals surface area (Å²) in [6.45, 7) is 4.57. The van der Waals surface area contributed by atoms with Gasteiger partial charge in [0.25, 0.3) is 10.0 Å². The van der Waals surface area contributed by atoms with Crippen molar-refractivity contribution in [2.24, 2.45) is 0 Å². The lowest BCUT2D eigenvalue weighted by atomic mass is 10.0. The van der Waals surface area contributed by atoms with Crippen LogP contribution >= 0.6 is 0 Å². The highest BCUT2D eigenvalue weighted by molar-refractivity contribution is 7.92.